The zero-order valence-corrected chi connectivity index (χ0v) is 11.0. The van der Waals surface area contributed by atoms with Crippen molar-refractivity contribution in [2.75, 3.05) is 31.7 Å². The highest BCUT2D eigenvalue weighted by molar-refractivity contribution is 7.89. The van der Waals surface area contributed by atoms with Gasteiger partial charge in [-0.3, -0.25) is 0 Å². The Morgan fingerprint density at radius 3 is 3.11 bits per heavy atom. The third-order valence-corrected chi connectivity index (χ3v) is 4.68. The second-order valence-electron chi connectivity index (χ2n) is 4.06. The summed E-state index contributed by atoms with van der Waals surface area (Å²) >= 11 is 0. The van der Waals surface area contributed by atoms with Gasteiger partial charge in [0, 0.05) is 25.4 Å². The summed E-state index contributed by atoms with van der Waals surface area (Å²) < 4.78 is 31.3. The molecule has 0 radical (unpaired) electrons. The molecule has 1 fully saturated rings. The third-order valence-electron chi connectivity index (χ3n) is 2.82. The van der Waals surface area contributed by atoms with Crippen LogP contribution in [0.25, 0.3) is 0 Å². The average Bonchev–Trinajstić information content (AvgIpc) is 2.47. The molecule has 8 nitrogen and oxygen atoms in total. The maximum absolute atomic E-state index is 12.4. The van der Waals surface area contributed by atoms with E-state index in [1.54, 1.807) is 0 Å². The number of pyridine rings is 1. The lowest BCUT2D eigenvalue weighted by Crippen LogP contribution is -2.46. The molecule has 0 bridgehead atoms. The fourth-order valence-electron chi connectivity index (χ4n) is 1.82. The van der Waals surface area contributed by atoms with Gasteiger partial charge in [0.25, 0.3) is 0 Å². The first-order chi connectivity index (χ1) is 9.07. The molecule has 0 amide bonds. The molecule has 1 saturated heterocycles. The fraction of sp³-hybridized carbons (Fsp3) is 0.500. The summed E-state index contributed by atoms with van der Waals surface area (Å²) in [5, 5.41) is 9.04. The van der Waals surface area contributed by atoms with Crippen LogP contribution >= 0.6 is 0 Å². The van der Waals surface area contributed by atoms with Crippen molar-refractivity contribution in [1.82, 2.24) is 9.29 Å². The number of sulfonamides is 1. The molecule has 9 heteroatoms. The van der Waals surface area contributed by atoms with E-state index in [4.69, 9.17) is 15.7 Å². The van der Waals surface area contributed by atoms with Crippen LogP contribution in [-0.4, -0.2) is 55.2 Å². The molecule has 4 N–H and O–H groups in total. The molecule has 19 heavy (non-hydrogen) atoms. The quantitative estimate of drug-likeness (QED) is 0.468. The number of hydrogen-bond acceptors (Lipinski definition) is 7. The number of hydrazine groups is 1. The highest BCUT2D eigenvalue weighted by Gasteiger charge is 2.30. The van der Waals surface area contributed by atoms with Crippen LogP contribution in [0, 0.1) is 0 Å². The molecule has 1 aliphatic rings. The zero-order chi connectivity index (χ0) is 13.9. The number of ether oxygens (including phenoxy) is 1. The van der Waals surface area contributed by atoms with E-state index in [0.717, 1.165) is 0 Å². The minimum atomic E-state index is -3.63. The van der Waals surface area contributed by atoms with Crippen molar-refractivity contribution < 1.29 is 18.3 Å². The van der Waals surface area contributed by atoms with Crippen LogP contribution in [0.4, 0.5) is 5.82 Å². The van der Waals surface area contributed by atoms with E-state index >= 15 is 0 Å². The maximum atomic E-state index is 12.4. The normalized spacial score (nSPS) is 21.3. The molecule has 1 aliphatic heterocycles. The Kier molecular flexibility index (Phi) is 4.32. The molecule has 1 aromatic heterocycles. The van der Waals surface area contributed by atoms with Crippen LogP contribution in [0.2, 0.25) is 0 Å². The molecule has 0 spiro atoms. The lowest BCUT2D eigenvalue weighted by Gasteiger charge is -2.31. The molecular weight excluding hydrogens is 272 g/mol. The highest BCUT2D eigenvalue weighted by Crippen LogP contribution is 2.20. The summed E-state index contributed by atoms with van der Waals surface area (Å²) in [6.45, 7) is 0.439. The van der Waals surface area contributed by atoms with Gasteiger partial charge in [-0.2, -0.15) is 4.31 Å². The van der Waals surface area contributed by atoms with E-state index < -0.39 is 16.1 Å². The molecule has 2 heterocycles. The van der Waals surface area contributed by atoms with Crippen LogP contribution in [0.3, 0.4) is 0 Å². The smallest absolute Gasteiger partial charge is 0.243 e. The number of nitrogens with two attached hydrogens (primary N) is 1. The van der Waals surface area contributed by atoms with Gasteiger partial charge in [0.2, 0.25) is 10.0 Å². The van der Waals surface area contributed by atoms with Gasteiger partial charge in [-0.15, -0.1) is 0 Å². The number of nitrogens with zero attached hydrogens (tertiary/aromatic N) is 2. The van der Waals surface area contributed by atoms with Crippen LogP contribution in [0.15, 0.2) is 23.2 Å². The van der Waals surface area contributed by atoms with Gasteiger partial charge in [0.1, 0.15) is 5.82 Å². The third kappa shape index (κ3) is 3.01. The summed E-state index contributed by atoms with van der Waals surface area (Å²) in [7, 11) is -3.63. The maximum Gasteiger partial charge on any atom is 0.243 e. The first-order valence-electron chi connectivity index (χ1n) is 5.73. The Balaban J connectivity index is 2.25. The number of hydrogen-bond donors (Lipinski definition) is 3. The lowest BCUT2D eigenvalue weighted by atomic mass is 10.3. The van der Waals surface area contributed by atoms with E-state index in [-0.39, 0.29) is 37.0 Å². The number of nitrogen functional groups attached to an aromatic ring is 1. The van der Waals surface area contributed by atoms with Gasteiger partial charge in [0.15, 0.2) is 0 Å². The molecule has 0 saturated carbocycles. The summed E-state index contributed by atoms with van der Waals surface area (Å²) in [4.78, 5) is 3.97. The van der Waals surface area contributed by atoms with Gasteiger partial charge in [-0.1, -0.05) is 0 Å². The molecule has 2 rings (SSSR count). The van der Waals surface area contributed by atoms with Crippen molar-refractivity contribution in [3.05, 3.63) is 18.3 Å². The Bertz CT molecular complexity index is 536. The minimum Gasteiger partial charge on any atom is -0.394 e. The van der Waals surface area contributed by atoms with Crippen LogP contribution in [0.1, 0.15) is 0 Å². The molecule has 0 aliphatic carbocycles. The van der Waals surface area contributed by atoms with Crippen LogP contribution in [-0.2, 0) is 14.8 Å². The van der Waals surface area contributed by atoms with E-state index in [1.165, 1.54) is 22.6 Å². The van der Waals surface area contributed by atoms with Crippen molar-refractivity contribution in [3.8, 4) is 0 Å². The topological polar surface area (TPSA) is 118 Å². The van der Waals surface area contributed by atoms with Crippen molar-refractivity contribution in [2.45, 2.75) is 11.0 Å². The summed E-state index contributed by atoms with van der Waals surface area (Å²) in [6.07, 6.45) is 0.879. The predicted molar refractivity (Wildman–Crippen MR) is 67.6 cm³/mol. The van der Waals surface area contributed by atoms with Crippen molar-refractivity contribution in [1.29, 1.82) is 0 Å². The second-order valence-corrected chi connectivity index (χ2v) is 6.00. The van der Waals surface area contributed by atoms with Gasteiger partial charge in [-0.05, 0) is 6.07 Å². The van der Waals surface area contributed by atoms with Crippen LogP contribution in [0.5, 0.6) is 0 Å². The number of anilines is 1. The number of aliphatic hydroxyl groups excluding tert-OH is 1. The van der Waals surface area contributed by atoms with Crippen molar-refractivity contribution in [2.24, 2.45) is 5.84 Å². The Labute approximate surface area is 111 Å². The SMILES string of the molecule is NNc1cc(S(=O)(=O)N2CCOC(CO)C2)ccn1. The van der Waals surface area contributed by atoms with Crippen molar-refractivity contribution >= 4 is 15.8 Å². The molecule has 1 unspecified atom stereocenters. The van der Waals surface area contributed by atoms with Gasteiger partial charge >= 0.3 is 0 Å². The summed E-state index contributed by atoms with van der Waals surface area (Å²) in [6, 6.07) is 2.76. The highest BCUT2D eigenvalue weighted by atomic mass is 32.2. The number of aliphatic hydroxyl groups is 1. The van der Waals surface area contributed by atoms with Crippen molar-refractivity contribution in [3.63, 3.8) is 0 Å². The van der Waals surface area contributed by atoms with Gasteiger partial charge in [0.05, 0.1) is 24.2 Å². The number of aromatic nitrogens is 1. The van der Waals surface area contributed by atoms with Crippen LogP contribution < -0.4 is 11.3 Å². The summed E-state index contributed by atoms with van der Waals surface area (Å²) in [5.41, 5.74) is 2.30. The molecule has 1 aromatic rings. The zero-order valence-electron chi connectivity index (χ0n) is 10.2. The minimum absolute atomic E-state index is 0.106. The molecule has 0 aromatic carbocycles. The van der Waals surface area contributed by atoms with Gasteiger partial charge in [-0.25, -0.2) is 19.2 Å². The second kappa shape index (κ2) is 5.80. The van der Waals surface area contributed by atoms with E-state index in [9.17, 15) is 8.42 Å². The largest absolute Gasteiger partial charge is 0.394 e. The van der Waals surface area contributed by atoms with E-state index in [1.807, 2.05) is 0 Å². The van der Waals surface area contributed by atoms with E-state index in [0.29, 0.717) is 0 Å². The fourth-order valence-corrected chi connectivity index (χ4v) is 3.29. The Morgan fingerprint density at radius 1 is 1.63 bits per heavy atom. The Morgan fingerprint density at radius 2 is 2.42 bits per heavy atom. The van der Waals surface area contributed by atoms with E-state index in [2.05, 4.69) is 10.4 Å². The monoisotopic (exact) mass is 288 g/mol. The molecule has 106 valence electrons. The first-order valence-corrected chi connectivity index (χ1v) is 7.17. The number of nitrogens with one attached hydrogen (secondary N) is 1. The first kappa shape index (κ1) is 14.2. The number of rotatable bonds is 4. The predicted octanol–water partition coefficient (Wildman–Crippen LogP) is -1.25. The molecule has 1 atom stereocenters. The lowest BCUT2D eigenvalue weighted by molar-refractivity contribution is -0.0304. The molecular formula is C10H16N4O4S. The average molecular weight is 288 g/mol. The van der Waals surface area contributed by atoms with Gasteiger partial charge < -0.3 is 15.3 Å². The summed E-state index contributed by atoms with van der Waals surface area (Å²) in [5.74, 6) is 5.48. The number of morpholine rings is 1. The Hall–Kier alpha value is -1.26. The standard InChI is InChI=1S/C10H16N4O4S/c11-13-10-5-9(1-2-12-10)19(16,17)14-3-4-18-8(6-14)7-15/h1-2,5,8,15H,3-4,6-7,11H2,(H,12,13).